The SMILES string of the molecule is N#CCC(=O)NC1C(CNc2ccc(I)cc2F)=Cc2ccccc21. The number of rotatable bonds is 5. The molecule has 0 radical (unpaired) electrons. The summed E-state index contributed by atoms with van der Waals surface area (Å²) in [5, 5.41) is 14.7. The molecular formula is C19H15FIN3O. The molecule has 126 valence electrons. The van der Waals surface area contributed by atoms with Gasteiger partial charge in [0.25, 0.3) is 0 Å². The van der Waals surface area contributed by atoms with Crippen LogP contribution in [0.4, 0.5) is 10.1 Å². The Labute approximate surface area is 158 Å². The number of halogens is 2. The average Bonchev–Trinajstić information content (AvgIpc) is 2.92. The Morgan fingerprint density at radius 1 is 1.28 bits per heavy atom. The third-order valence-electron chi connectivity index (χ3n) is 3.98. The quantitative estimate of drug-likeness (QED) is 0.681. The molecule has 2 aromatic rings. The number of fused-ring (bicyclic) bond motifs is 1. The molecular weight excluding hydrogens is 432 g/mol. The highest BCUT2D eigenvalue weighted by Crippen LogP contribution is 2.34. The van der Waals surface area contributed by atoms with Gasteiger partial charge in [0.05, 0.1) is 17.8 Å². The number of anilines is 1. The summed E-state index contributed by atoms with van der Waals surface area (Å²) in [6, 6.07) is 14.3. The number of nitriles is 1. The fourth-order valence-corrected chi connectivity index (χ4v) is 3.28. The van der Waals surface area contributed by atoms with E-state index in [4.69, 9.17) is 5.26 Å². The van der Waals surface area contributed by atoms with Gasteiger partial charge in [0.2, 0.25) is 5.91 Å². The minimum Gasteiger partial charge on any atom is -0.379 e. The molecule has 25 heavy (non-hydrogen) atoms. The number of nitrogens with zero attached hydrogens (tertiary/aromatic N) is 1. The number of hydrogen-bond acceptors (Lipinski definition) is 3. The second-order valence-electron chi connectivity index (χ2n) is 5.66. The monoisotopic (exact) mass is 447 g/mol. The lowest BCUT2D eigenvalue weighted by atomic mass is 10.0. The number of carbonyl (C=O) groups excluding carboxylic acids is 1. The lowest BCUT2D eigenvalue weighted by Crippen LogP contribution is -2.30. The molecule has 2 N–H and O–H groups in total. The third kappa shape index (κ3) is 3.99. The van der Waals surface area contributed by atoms with Crippen LogP contribution in [0, 0.1) is 20.7 Å². The Bertz CT molecular complexity index is 888. The molecule has 3 rings (SSSR count). The van der Waals surface area contributed by atoms with Crippen LogP contribution in [0.2, 0.25) is 0 Å². The Morgan fingerprint density at radius 2 is 2.08 bits per heavy atom. The Hall–Kier alpha value is -2.40. The molecule has 0 saturated carbocycles. The maximum absolute atomic E-state index is 14.0. The van der Waals surface area contributed by atoms with Gasteiger partial charge < -0.3 is 10.6 Å². The van der Waals surface area contributed by atoms with E-state index in [1.165, 1.54) is 6.07 Å². The lowest BCUT2D eigenvalue weighted by molar-refractivity contribution is -0.120. The Morgan fingerprint density at radius 3 is 2.84 bits per heavy atom. The number of nitrogens with one attached hydrogen (secondary N) is 2. The molecule has 0 aromatic heterocycles. The van der Waals surface area contributed by atoms with E-state index < -0.39 is 0 Å². The molecule has 2 aromatic carbocycles. The maximum Gasteiger partial charge on any atom is 0.234 e. The van der Waals surface area contributed by atoms with Crippen molar-refractivity contribution in [3.05, 3.63) is 68.6 Å². The van der Waals surface area contributed by atoms with Crippen molar-refractivity contribution in [2.24, 2.45) is 0 Å². The molecule has 4 nitrogen and oxygen atoms in total. The molecule has 0 fully saturated rings. The van der Waals surface area contributed by atoms with Crippen LogP contribution in [0.5, 0.6) is 0 Å². The van der Waals surface area contributed by atoms with E-state index in [0.29, 0.717) is 12.2 Å². The molecule has 0 bridgehead atoms. The van der Waals surface area contributed by atoms with Crippen LogP contribution in [0.3, 0.4) is 0 Å². The minimum absolute atomic E-state index is 0.189. The van der Waals surface area contributed by atoms with E-state index >= 15 is 0 Å². The van der Waals surface area contributed by atoms with Crippen LogP contribution in [0.15, 0.2) is 48.0 Å². The number of hydrogen-bond donors (Lipinski definition) is 2. The topological polar surface area (TPSA) is 64.9 Å². The van der Waals surface area contributed by atoms with Gasteiger partial charge in [0.15, 0.2) is 0 Å². The Balaban J connectivity index is 1.79. The lowest BCUT2D eigenvalue weighted by Gasteiger charge is -2.19. The summed E-state index contributed by atoms with van der Waals surface area (Å²) in [6.07, 6.45) is 1.80. The summed E-state index contributed by atoms with van der Waals surface area (Å²) in [5.74, 6) is -0.636. The molecule has 1 amide bonds. The first-order valence-corrected chi connectivity index (χ1v) is 8.81. The number of benzene rings is 2. The van der Waals surface area contributed by atoms with Crippen molar-refractivity contribution in [3.8, 4) is 6.07 Å². The van der Waals surface area contributed by atoms with E-state index in [1.54, 1.807) is 6.07 Å². The van der Waals surface area contributed by atoms with Crippen LogP contribution >= 0.6 is 22.6 Å². The molecule has 6 heteroatoms. The highest BCUT2D eigenvalue weighted by atomic mass is 127. The van der Waals surface area contributed by atoms with Gasteiger partial charge in [0.1, 0.15) is 12.2 Å². The zero-order valence-corrected chi connectivity index (χ0v) is 15.4. The van der Waals surface area contributed by atoms with Crippen molar-refractivity contribution in [1.82, 2.24) is 5.32 Å². The van der Waals surface area contributed by atoms with Gasteiger partial charge in [-0.3, -0.25) is 4.79 Å². The predicted molar refractivity (Wildman–Crippen MR) is 103 cm³/mol. The highest BCUT2D eigenvalue weighted by molar-refractivity contribution is 14.1. The Kier molecular flexibility index (Phi) is 5.34. The van der Waals surface area contributed by atoms with Gasteiger partial charge in [-0.1, -0.05) is 30.3 Å². The normalized spacial score (nSPS) is 15.1. The summed E-state index contributed by atoms with van der Waals surface area (Å²) < 4.78 is 14.8. The second kappa shape index (κ2) is 7.66. The molecule has 1 aliphatic rings. The van der Waals surface area contributed by atoms with E-state index in [9.17, 15) is 9.18 Å². The second-order valence-corrected chi connectivity index (χ2v) is 6.91. The summed E-state index contributed by atoms with van der Waals surface area (Å²) >= 11 is 2.06. The van der Waals surface area contributed by atoms with Gasteiger partial charge in [0, 0.05) is 10.1 Å². The highest BCUT2D eigenvalue weighted by Gasteiger charge is 2.26. The van der Waals surface area contributed by atoms with Crippen molar-refractivity contribution < 1.29 is 9.18 Å². The van der Waals surface area contributed by atoms with Crippen LogP contribution in [-0.2, 0) is 4.79 Å². The fraction of sp³-hybridized carbons (Fsp3) is 0.158. The summed E-state index contributed by atoms with van der Waals surface area (Å²) in [6.45, 7) is 0.393. The zero-order chi connectivity index (χ0) is 17.8. The minimum atomic E-state index is -0.324. The van der Waals surface area contributed by atoms with Gasteiger partial charge in [-0.2, -0.15) is 5.26 Å². The molecule has 0 saturated heterocycles. The van der Waals surface area contributed by atoms with Gasteiger partial charge in [-0.15, -0.1) is 0 Å². The van der Waals surface area contributed by atoms with Crippen molar-refractivity contribution in [3.63, 3.8) is 0 Å². The van der Waals surface area contributed by atoms with Crippen LogP contribution < -0.4 is 10.6 Å². The number of amides is 1. The van der Waals surface area contributed by atoms with Crippen molar-refractivity contribution in [2.75, 3.05) is 11.9 Å². The van der Waals surface area contributed by atoms with Gasteiger partial charge in [-0.05, 0) is 57.5 Å². The van der Waals surface area contributed by atoms with Crippen molar-refractivity contribution in [1.29, 1.82) is 5.26 Å². The molecule has 0 aliphatic heterocycles. The summed E-state index contributed by atoms with van der Waals surface area (Å²) in [5.41, 5.74) is 3.34. The average molecular weight is 447 g/mol. The largest absolute Gasteiger partial charge is 0.379 e. The number of carbonyl (C=O) groups is 1. The van der Waals surface area contributed by atoms with Gasteiger partial charge in [-0.25, -0.2) is 4.39 Å². The zero-order valence-electron chi connectivity index (χ0n) is 13.2. The van der Waals surface area contributed by atoms with Gasteiger partial charge >= 0.3 is 0 Å². The summed E-state index contributed by atoms with van der Waals surface area (Å²) in [4.78, 5) is 11.9. The van der Waals surface area contributed by atoms with E-state index in [2.05, 4.69) is 33.2 Å². The van der Waals surface area contributed by atoms with E-state index in [-0.39, 0.29) is 24.2 Å². The molecule has 0 heterocycles. The first-order valence-electron chi connectivity index (χ1n) is 7.73. The van der Waals surface area contributed by atoms with Crippen molar-refractivity contribution in [2.45, 2.75) is 12.5 Å². The van der Waals surface area contributed by atoms with Crippen LogP contribution in [0.25, 0.3) is 6.08 Å². The standard InChI is InChI=1S/C19H15FIN3O/c20-16-10-14(21)5-6-17(16)23-11-13-9-12-3-1-2-4-15(12)19(13)24-18(25)7-8-22/h1-6,9-10,19,23H,7,11H2,(H,24,25). The van der Waals surface area contributed by atoms with Crippen molar-refractivity contribution >= 4 is 40.3 Å². The van der Waals surface area contributed by atoms with E-state index in [1.807, 2.05) is 42.5 Å². The smallest absolute Gasteiger partial charge is 0.234 e. The molecule has 1 aliphatic carbocycles. The predicted octanol–water partition coefficient (Wildman–Crippen LogP) is 4.01. The van der Waals surface area contributed by atoms with E-state index in [0.717, 1.165) is 20.3 Å². The summed E-state index contributed by atoms with van der Waals surface area (Å²) in [7, 11) is 0. The molecule has 0 spiro atoms. The first kappa shape index (κ1) is 17.4. The molecule has 1 atom stereocenters. The third-order valence-corrected chi connectivity index (χ3v) is 4.65. The van der Waals surface area contributed by atoms with Crippen LogP contribution in [0.1, 0.15) is 23.6 Å². The van der Waals surface area contributed by atoms with Crippen LogP contribution in [-0.4, -0.2) is 12.5 Å². The maximum atomic E-state index is 14.0. The fourth-order valence-electron chi connectivity index (χ4n) is 2.83. The first-order chi connectivity index (χ1) is 12.1. The molecule has 1 unspecified atom stereocenters.